The molecule has 2 aromatic carbocycles. The minimum atomic E-state index is 0. The smallest absolute Gasteiger partial charge is 0.121 e. The summed E-state index contributed by atoms with van der Waals surface area (Å²) in [7, 11) is 0. The average Bonchev–Trinajstić information content (AvgIpc) is 3.15. The van der Waals surface area contributed by atoms with Crippen LogP contribution in [-0.2, 0) is 0 Å². The molecule has 2 heterocycles. The van der Waals surface area contributed by atoms with Gasteiger partial charge < -0.3 is 19.8 Å². The number of rotatable bonds is 2. The highest BCUT2D eigenvalue weighted by Crippen LogP contribution is 2.19. The predicted octanol–water partition coefficient (Wildman–Crippen LogP) is 5.08. The van der Waals surface area contributed by atoms with Gasteiger partial charge in [0.1, 0.15) is 11.5 Å². The molecule has 4 nitrogen and oxygen atoms in total. The summed E-state index contributed by atoms with van der Waals surface area (Å²) < 4.78 is 5.36. The van der Waals surface area contributed by atoms with Crippen molar-refractivity contribution in [1.82, 2.24) is 9.97 Å². The third kappa shape index (κ3) is 3.86. The summed E-state index contributed by atoms with van der Waals surface area (Å²) in [5.74, 6) is 1.22. The number of hydrogen-bond donors (Lipinski definition) is 3. The Bertz CT molecular complexity index is 877. The van der Waals surface area contributed by atoms with Crippen LogP contribution in [0.3, 0.4) is 0 Å². The van der Waals surface area contributed by atoms with Crippen molar-refractivity contribution in [3.05, 3.63) is 60.9 Å². The molecule has 120 valence electrons. The number of hydrogen-bond acceptors (Lipinski definition) is 2. The van der Waals surface area contributed by atoms with E-state index in [0.29, 0.717) is 12.4 Å². The Kier molecular flexibility index (Phi) is 5.31. The van der Waals surface area contributed by atoms with Gasteiger partial charge in [-0.1, -0.05) is 7.43 Å². The second kappa shape index (κ2) is 7.40. The second-order valence-corrected chi connectivity index (χ2v) is 4.91. The van der Waals surface area contributed by atoms with E-state index in [4.69, 9.17) is 9.84 Å². The van der Waals surface area contributed by atoms with Gasteiger partial charge in [0.15, 0.2) is 0 Å². The summed E-state index contributed by atoms with van der Waals surface area (Å²) in [4.78, 5) is 6.14. The Balaban J connectivity index is 0.000000162. The Morgan fingerprint density at radius 3 is 2.13 bits per heavy atom. The summed E-state index contributed by atoms with van der Waals surface area (Å²) >= 11 is 0. The number of aromatic nitrogens is 2. The highest BCUT2D eigenvalue weighted by atomic mass is 16.5. The van der Waals surface area contributed by atoms with Crippen LogP contribution in [0.4, 0.5) is 0 Å². The van der Waals surface area contributed by atoms with E-state index in [9.17, 15) is 0 Å². The van der Waals surface area contributed by atoms with E-state index in [0.717, 1.165) is 22.2 Å². The van der Waals surface area contributed by atoms with Crippen LogP contribution in [0.15, 0.2) is 60.9 Å². The first-order valence-electron chi connectivity index (χ1n) is 7.22. The van der Waals surface area contributed by atoms with Crippen molar-refractivity contribution in [3.63, 3.8) is 0 Å². The molecule has 0 atom stereocenters. The zero-order valence-electron chi connectivity index (χ0n) is 12.3. The Morgan fingerprint density at radius 2 is 1.48 bits per heavy atom. The van der Waals surface area contributed by atoms with Gasteiger partial charge in [-0.2, -0.15) is 0 Å². The van der Waals surface area contributed by atoms with Gasteiger partial charge in [-0.15, -0.1) is 0 Å². The van der Waals surface area contributed by atoms with Crippen molar-refractivity contribution in [2.75, 3.05) is 6.61 Å². The zero-order chi connectivity index (χ0) is 15.4. The van der Waals surface area contributed by atoms with Crippen LogP contribution in [0.5, 0.6) is 11.5 Å². The molecule has 4 rings (SSSR count). The third-order valence-electron chi connectivity index (χ3n) is 3.38. The van der Waals surface area contributed by atoms with Gasteiger partial charge in [0.05, 0.1) is 6.61 Å². The number of nitrogens with one attached hydrogen (secondary N) is 2. The average molecular weight is 310 g/mol. The van der Waals surface area contributed by atoms with Crippen LogP contribution in [0.2, 0.25) is 0 Å². The van der Waals surface area contributed by atoms with Gasteiger partial charge in [-0.25, -0.2) is 0 Å². The molecule has 4 aromatic rings. The maximum absolute atomic E-state index is 9.03. The molecule has 0 fully saturated rings. The molecule has 0 aliphatic carbocycles. The lowest BCUT2D eigenvalue weighted by atomic mass is 10.2. The van der Waals surface area contributed by atoms with Crippen LogP contribution in [0.1, 0.15) is 14.4 Å². The number of ether oxygens (including phenoxy) is 1. The minimum Gasteiger partial charge on any atom is -0.508 e. The van der Waals surface area contributed by atoms with E-state index in [-0.39, 0.29) is 7.43 Å². The molecule has 0 spiro atoms. The predicted molar refractivity (Wildman–Crippen MR) is 96.2 cm³/mol. The Morgan fingerprint density at radius 1 is 0.870 bits per heavy atom. The maximum atomic E-state index is 9.03. The number of phenols is 1. The van der Waals surface area contributed by atoms with E-state index in [1.807, 2.05) is 49.6 Å². The molecule has 4 heteroatoms. The fourth-order valence-corrected chi connectivity index (χ4v) is 2.32. The first kappa shape index (κ1) is 16.5. The molecule has 0 aliphatic rings. The zero-order valence-corrected chi connectivity index (χ0v) is 12.3. The van der Waals surface area contributed by atoms with Gasteiger partial charge in [-0.3, -0.25) is 0 Å². The van der Waals surface area contributed by atoms with E-state index in [2.05, 4.69) is 16.0 Å². The van der Waals surface area contributed by atoms with Crippen LogP contribution >= 0.6 is 0 Å². The van der Waals surface area contributed by atoms with Crippen molar-refractivity contribution in [2.45, 2.75) is 14.4 Å². The van der Waals surface area contributed by atoms with Crippen LogP contribution in [0.25, 0.3) is 21.8 Å². The number of fused-ring (bicyclic) bond motifs is 2. The lowest BCUT2D eigenvalue weighted by Crippen LogP contribution is -1.90. The molecule has 3 N–H and O–H groups in total. The topological polar surface area (TPSA) is 61.0 Å². The molecule has 23 heavy (non-hydrogen) atoms. The van der Waals surface area contributed by atoms with Gasteiger partial charge in [0, 0.05) is 35.6 Å². The summed E-state index contributed by atoms with van der Waals surface area (Å²) in [5, 5.41) is 11.4. The molecule has 0 amide bonds. The van der Waals surface area contributed by atoms with Crippen molar-refractivity contribution < 1.29 is 9.84 Å². The fraction of sp³-hybridized carbons (Fsp3) is 0.158. The van der Waals surface area contributed by atoms with Gasteiger partial charge in [0.25, 0.3) is 0 Å². The first-order chi connectivity index (χ1) is 10.8. The highest BCUT2D eigenvalue weighted by molar-refractivity contribution is 5.81. The molecule has 0 unspecified atom stereocenters. The molecule has 0 radical (unpaired) electrons. The van der Waals surface area contributed by atoms with E-state index >= 15 is 0 Å². The standard InChI is InChI=1S/C10H11NO.C8H7NO.CH4/c1-2-12-9-4-3-8-5-6-11-10(8)7-9;10-7-2-1-6-3-4-9-8(6)5-7;/h3-7,11H,2H2,1H3;1-5,9-10H;1H4. The SMILES string of the molecule is C.CCOc1ccc2cc[nH]c2c1.Oc1ccc2cc[nH]c2c1. The number of benzene rings is 2. The Labute approximate surface area is 135 Å². The lowest BCUT2D eigenvalue weighted by Gasteiger charge is -2.01. The summed E-state index contributed by atoms with van der Waals surface area (Å²) in [6.07, 6.45) is 3.78. The number of phenolic OH excluding ortho intramolecular Hbond substituents is 1. The largest absolute Gasteiger partial charge is 0.508 e. The quantitative estimate of drug-likeness (QED) is 0.483. The van der Waals surface area contributed by atoms with Gasteiger partial charge in [-0.05, 0) is 54.1 Å². The van der Waals surface area contributed by atoms with Crippen LogP contribution in [-0.4, -0.2) is 21.7 Å². The van der Waals surface area contributed by atoms with Crippen molar-refractivity contribution >= 4 is 21.8 Å². The van der Waals surface area contributed by atoms with E-state index in [1.165, 1.54) is 5.39 Å². The molecule has 0 bridgehead atoms. The molecule has 0 aliphatic heterocycles. The number of aromatic hydroxyl groups is 1. The lowest BCUT2D eigenvalue weighted by molar-refractivity contribution is 0.340. The van der Waals surface area contributed by atoms with Crippen LogP contribution < -0.4 is 4.74 Å². The number of aromatic amines is 2. The highest BCUT2D eigenvalue weighted by Gasteiger charge is 1.96. The molecular formula is C19H22N2O2. The number of H-pyrrole nitrogens is 2. The van der Waals surface area contributed by atoms with Crippen molar-refractivity contribution in [3.8, 4) is 11.5 Å². The summed E-state index contributed by atoms with van der Waals surface area (Å²) in [6, 6.07) is 15.3. The van der Waals surface area contributed by atoms with Gasteiger partial charge >= 0.3 is 0 Å². The van der Waals surface area contributed by atoms with E-state index < -0.39 is 0 Å². The minimum absolute atomic E-state index is 0. The molecule has 0 saturated heterocycles. The Hall–Kier alpha value is -2.88. The van der Waals surface area contributed by atoms with Crippen molar-refractivity contribution in [1.29, 1.82) is 0 Å². The normalized spacial score (nSPS) is 9.96. The van der Waals surface area contributed by atoms with Gasteiger partial charge in [0.2, 0.25) is 0 Å². The first-order valence-corrected chi connectivity index (χ1v) is 7.22. The summed E-state index contributed by atoms with van der Waals surface area (Å²) in [5.41, 5.74) is 2.10. The van der Waals surface area contributed by atoms with Crippen molar-refractivity contribution in [2.24, 2.45) is 0 Å². The van der Waals surface area contributed by atoms with E-state index in [1.54, 1.807) is 12.1 Å². The molecular weight excluding hydrogens is 288 g/mol. The fourth-order valence-electron chi connectivity index (χ4n) is 2.32. The maximum Gasteiger partial charge on any atom is 0.121 e. The second-order valence-electron chi connectivity index (χ2n) is 4.91. The van der Waals surface area contributed by atoms with Crippen LogP contribution in [0, 0.1) is 0 Å². The summed E-state index contributed by atoms with van der Waals surface area (Å²) in [6.45, 7) is 2.70. The monoisotopic (exact) mass is 310 g/mol. The third-order valence-corrected chi connectivity index (χ3v) is 3.38. The molecule has 0 saturated carbocycles. The molecule has 2 aromatic heterocycles.